The molecule has 4 rings (SSSR count). The minimum absolute atomic E-state index is 0.00556. The van der Waals surface area contributed by atoms with Crippen LogP contribution in [0.2, 0.25) is 0 Å². The van der Waals surface area contributed by atoms with E-state index in [1.165, 1.54) is 26.4 Å². The summed E-state index contributed by atoms with van der Waals surface area (Å²) in [5.41, 5.74) is 10.5. The highest BCUT2D eigenvalue weighted by Crippen LogP contribution is 2.43. The molecule has 6 N–H and O–H groups in total. The van der Waals surface area contributed by atoms with Gasteiger partial charge in [0.2, 0.25) is 0 Å². The average Bonchev–Trinajstić information content (AvgIpc) is 3.09. The van der Waals surface area contributed by atoms with Crippen LogP contribution in [0.25, 0.3) is 0 Å². The number of nitrogens with one attached hydrogen (secondary N) is 2. The van der Waals surface area contributed by atoms with Gasteiger partial charge in [-0.1, -0.05) is 64.0 Å². The molecular formula is C40H58N4O6. The van der Waals surface area contributed by atoms with Crippen LogP contribution in [-0.2, 0) is 30.5 Å². The highest BCUT2D eigenvalue weighted by Gasteiger charge is 2.28. The summed E-state index contributed by atoms with van der Waals surface area (Å²) in [5.74, 6) is 9.41. The van der Waals surface area contributed by atoms with Gasteiger partial charge in [-0.05, 0) is 74.1 Å². The molecule has 2 aliphatic rings. The number of ether oxygens (including phenoxy) is 3. The first-order valence-electron chi connectivity index (χ1n) is 18.4. The fourth-order valence-electron chi connectivity index (χ4n) is 6.48. The van der Waals surface area contributed by atoms with Gasteiger partial charge < -0.3 is 35.5 Å². The van der Waals surface area contributed by atoms with E-state index in [9.17, 15) is 15.0 Å². The summed E-state index contributed by atoms with van der Waals surface area (Å²) < 4.78 is 18.6. The van der Waals surface area contributed by atoms with Crippen molar-refractivity contribution in [1.29, 1.82) is 0 Å². The zero-order chi connectivity index (χ0) is 35.9. The molecule has 50 heavy (non-hydrogen) atoms. The number of hydrogen-bond donors (Lipinski definition) is 5. The normalized spacial score (nSPS) is 18.1. The molecule has 2 atom stereocenters. The van der Waals surface area contributed by atoms with E-state index in [1.807, 2.05) is 0 Å². The standard InChI is InChI=1S/C40H58N4O6/c1-5-6-7-8-19-42-26-50-37-31-10-9-11-34-29(14-17-36(47)38(34)48-4)12-15-32(45)23-33(46)16-13-30(22-31)35-21-28(25-49-39(35)37)18-20-43-40(41)44-24-27(2)3/h14,17,22,27-28,33,42,46-47H,5-8,10,12-13,15-16,18-21,23-26H2,1-4H3,(H3,41,43,44). The number of aromatic hydroxyl groups is 1. The van der Waals surface area contributed by atoms with Crippen molar-refractivity contribution in [2.75, 3.05) is 40.1 Å². The summed E-state index contributed by atoms with van der Waals surface area (Å²) in [6.07, 6.45) is 7.77. The zero-order valence-electron chi connectivity index (χ0n) is 30.5. The van der Waals surface area contributed by atoms with E-state index >= 15 is 0 Å². The number of fused-ring (bicyclic) bond motifs is 5. The van der Waals surface area contributed by atoms with Gasteiger partial charge >= 0.3 is 0 Å². The number of carbonyl (C=O) groups excluding carboxylic acids is 1. The molecule has 1 aliphatic carbocycles. The SMILES string of the molecule is CCCCCCNCOc1c2cc(c3c1OCC(CCNC(N)=NCC(C)C)C3)CCC(O)CC(=O)CCc1ccc(O)c(OC)c1C#CC2. The number of aryl methyl sites for hydroxylation is 2. The van der Waals surface area contributed by atoms with Crippen molar-refractivity contribution in [2.24, 2.45) is 22.6 Å². The van der Waals surface area contributed by atoms with Gasteiger partial charge in [-0.15, -0.1) is 0 Å². The molecule has 10 nitrogen and oxygen atoms in total. The predicted octanol–water partition coefficient (Wildman–Crippen LogP) is 5.20. The van der Waals surface area contributed by atoms with Crippen molar-refractivity contribution >= 4 is 11.7 Å². The largest absolute Gasteiger partial charge is 0.504 e. The number of aliphatic imine (C=N–C) groups is 1. The van der Waals surface area contributed by atoms with Crippen LogP contribution in [0.15, 0.2) is 23.2 Å². The number of nitrogens with zero attached hydrogens (tertiary/aromatic N) is 1. The Labute approximate surface area is 298 Å². The number of hydrogen-bond acceptors (Lipinski definition) is 8. The highest BCUT2D eigenvalue weighted by atomic mass is 16.5. The van der Waals surface area contributed by atoms with Crippen molar-refractivity contribution in [3.63, 3.8) is 0 Å². The summed E-state index contributed by atoms with van der Waals surface area (Å²) in [5, 5.41) is 28.2. The minimum atomic E-state index is -0.762. The molecule has 2 aromatic rings. The topological polar surface area (TPSA) is 148 Å². The number of phenols is 1. The first-order chi connectivity index (χ1) is 24.2. The monoisotopic (exact) mass is 690 g/mol. The molecule has 0 radical (unpaired) electrons. The van der Waals surface area contributed by atoms with Gasteiger partial charge in [0.1, 0.15) is 12.5 Å². The number of phenolic OH excluding ortho intramolecular Hbond substituents is 1. The highest BCUT2D eigenvalue weighted by molar-refractivity contribution is 5.79. The van der Waals surface area contributed by atoms with E-state index in [0.717, 1.165) is 53.8 Å². The maximum atomic E-state index is 12.9. The van der Waals surface area contributed by atoms with E-state index in [2.05, 4.69) is 54.3 Å². The van der Waals surface area contributed by atoms with Gasteiger partial charge in [-0.3, -0.25) is 15.1 Å². The lowest BCUT2D eigenvalue weighted by Crippen LogP contribution is -2.35. The number of ketones is 1. The molecule has 0 saturated heterocycles. The molecule has 0 aromatic heterocycles. The molecule has 1 aliphatic heterocycles. The maximum absolute atomic E-state index is 12.9. The van der Waals surface area contributed by atoms with Crippen molar-refractivity contribution in [1.82, 2.24) is 10.6 Å². The van der Waals surface area contributed by atoms with Crippen molar-refractivity contribution in [2.45, 2.75) is 104 Å². The van der Waals surface area contributed by atoms with E-state index in [4.69, 9.17) is 19.9 Å². The number of unbranched alkanes of at least 4 members (excludes halogenated alkanes) is 3. The molecule has 1 heterocycles. The van der Waals surface area contributed by atoms with Crippen molar-refractivity contribution < 1.29 is 29.2 Å². The summed E-state index contributed by atoms with van der Waals surface area (Å²) in [6.45, 7) is 9.55. The van der Waals surface area contributed by atoms with Crippen LogP contribution < -0.4 is 30.6 Å². The number of Topliss-reactive ketones (excluding diaryl/α,β-unsaturated/α-hetero) is 1. The first-order valence-corrected chi connectivity index (χ1v) is 18.4. The summed E-state index contributed by atoms with van der Waals surface area (Å²) >= 11 is 0. The number of guanidine groups is 1. The Morgan fingerprint density at radius 2 is 1.94 bits per heavy atom. The van der Waals surface area contributed by atoms with Gasteiger partial charge in [-0.25, -0.2) is 0 Å². The fourth-order valence-corrected chi connectivity index (χ4v) is 6.48. The molecule has 0 amide bonds. The Balaban J connectivity index is 1.67. The molecule has 0 fully saturated rings. The van der Waals surface area contributed by atoms with Crippen LogP contribution in [0.5, 0.6) is 23.0 Å². The Hall–Kier alpha value is -3.94. The molecule has 2 aromatic carbocycles. The predicted molar refractivity (Wildman–Crippen MR) is 198 cm³/mol. The number of benzene rings is 2. The first kappa shape index (κ1) is 38.9. The Kier molecular flexibility index (Phi) is 15.6. The number of nitrogens with two attached hydrogens (primary N) is 1. The van der Waals surface area contributed by atoms with Gasteiger partial charge in [0.25, 0.3) is 0 Å². The van der Waals surface area contributed by atoms with Crippen LogP contribution in [-0.4, -0.2) is 68.1 Å². The maximum Gasteiger partial charge on any atom is 0.188 e. The van der Waals surface area contributed by atoms with Gasteiger partial charge in [0.05, 0.1) is 25.4 Å². The lowest BCUT2D eigenvalue weighted by atomic mass is 9.86. The smallest absolute Gasteiger partial charge is 0.188 e. The minimum Gasteiger partial charge on any atom is -0.504 e. The van der Waals surface area contributed by atoms with E-state index in [0.29, 0.717) is 81.1 Å². The van der Waals surface area contributed by atoms with E-state index in [1.54, 1.807) is 12.1 Å². The van der Waals surface area contributed by atoms with Crippen LogP contribution in [0.1, 0.15) is 100.0 Å². The molecule has 0 saturated carbocycles. The lowest BCUT2D eigenvalue weighted by Gasteiger charge is -2.30. The number of rotatable bonds is 14. The summed E-state index contributed by atoms with van der Waals surface area (Å²) in [7, 11) is 1.50. The van der Waals surface area contributed by atoms with Gasteiger partial charge in [0, 0.05) is 43.5 Å². The van der Waals surface area contributed by atoms with E-state index < -0.39 is 6.10 Å². The number of aliphatic hydroxyl groups is 1. The molecule has 10 heteroatoms. The molecule has 2 unspecified atom stereocenters. The molecule has 2 bridgehead atoms. The molecule has 274 valence electrons. The second-order valence-electron chi connectivity index (χ2n) is 14.0. The van der Waals surface area contributed by atoms with Crippen LogP contribution in [0, 0.1) is 23.7 Å². The third kappa shape index (κ3) is 11.6. The van der Waals surface area contributed by atoms with Gasteiger partial charge in [-0.2, -0.15) is 0 Å². The average molecular weight is 691 g/mol. The summed E-state index contributed by atoms with van der Waals surface area (Å²) in [4.78, 5) is 17.4. The quantitative estimate of drug-likeness (QED) is 0.0593. The molecule has 0 spiro atoms. The van der Waals surface area contributed by atoms with Crippen molar-refractivity contribution in [3.8, 4) is 34.8 Å². The van der Waals surface area contributed by atoms with Crippen LogP contribution in [0.3, 0.4) is 0 Å². The number of methoxy groups -OCH3 is 1. The number of aliphatic hydroxyl groups excluding tert-OH is 1. The third-order valence-corrected chi connectivity index (χ3v) is 9.28. The van der Waals surface area contributed by atoms with Gasteiger partial charge in [0.15, 0.2) is 29.0 Å². The van der Waals surface area contributed by atoms with Crippen LogP contribution in [0.4, 0.5) is 0 Å². The Morgan fingerprint density at radius 1 is 1.10 bits per heavy atom. The number of carbonyl (C=O) groups is 1. The second kappa shape index (κ2) is 20.0. The fraction of sp³-hybridized carbons (Fsp3) is 0.600. The third-order valence-electron chi connectivity index (χ3n) is 9.28. The van der Waals surface area contributed by atoms with Crippen LogP contribution >= 0.6 is 0 Å². The zero-order valence-corrected chi connectivity index (χ0v) is 30.5. The summed E-state index contributed by atoms with van der Waals surface area (Å²) in [6, 6.07) is 5.49. The second-order valence-corrected chi connectivity index (χ2v) is 14.0. The Bertz CT molecular complexity index is 1510. The molecular weight excluding hydrogens is 632 g/mol. The Morgan fingerprint density at radius 3 is 2.72 bits per heavy atom. The lowest BCUT2D eigenvalue weighted by molar-refractivity contribution is -0.121. The van der Waals surface area contributed by atoms with E-state index in [-0.39, 0.29) is 30.3 Å². The van der Waals surface area contributed by atoms with Crippen molar-refractivity contribution in [3.05, 3.63) is 46.0 Å².